The highest BCUT2D eigenvalue weighted by molar-refractivity contribution is 6.33. The third-order valence-electron chi connectivity index (χ3n) is 5.05. The lowest BCUT2D eigenvalue weighted by atomic mass is 9.95. The number of nitrogens with two attached hydrogens (primary N) is 1. The number of benzene rings is 1. The Hall–Kier alpha value is -3.01. The highest BCUT2D eigenvalue weighted by Gasteiger charge is 2.33. The molecule has 0 atom stereocenters. The molecule has 0 aliphatic carbocycles. The molecule has 1 aliphatic heterocycles. The number of aromatic nitrogens is 1. The number of rotatable bonds is 7. The summed E-state index contributed by atoms with van der Waals surface area (Å²) in [7, 11) is 0. The molecule has 0 unspecified atom stereocenters. The number of alkyl halides is 3. The van der Waals surface area contributed by atoms with Crippen molar-refractivity contribution in [3.63, 3.8) is 0 Å². The zero-order valence-corrected chi connectivity index (χ0v) is 17.7. The largest absolute Gasteiger partial charge is 0.493 e. The van der Waals surface area contributed by atoms with E-state index in [1.165, 1.54) is 0 Å². The maximum atomic E-state index is 12.8. The minimum absolute atomic E-state index is 0.0686. The zero-order chi connectivity index (χ0) is 23.3. The van der Waals surface area contributed by atoms with E-state index in [2.05, 4.69) is 10.3 Å². The molecule has 1 aliphatic rings. The summed E-state index contributed by atoms with van der Waals surface area (Å²) in [5.74, 6) is 0.00437. The lowest BCUT2D eigenvalue weighted by Crippen LogP contribution is -2.38. The quantitative estimate of drug-likeness (QED) is 0.640. The molecule has 3 rings (SSSR count). The molecule has 0 spiro atoms. The highest BCUT2D eigenvalue weighted by atomic mass is 35.5. The minimum Gasteiger partial charge on any atom is -0.493 e. The van der Waals surface area contributed by atoms with Crippen LogP contribution in [0.15, 0.2) is 36.5 Å². The van der Waals surface area contributed by atoms with Crippen molar-refractivity contribution in [2.24, 2.45) is 11.7 Å². The predicted octanol–water partition coefficient (Wildman–Crippen LogP) is 3.86. The molecule has 172 valence electrons. The van der Waals surface area contributed by atoms with Gasteiger partial charge < -0.3 is 20.7 Å². The topological polar surface area (TPSA) is 97.6 Å². The van der Waals surface area contributed by atoms with Crippen LogP contribution in [0, 0.1) is 5.92 Å². The first-order valence-corrected chi connectivity index (χ1v) is 10.3. The Bertz CT molecular complexity index is 962. The van der Waals surface area contributed by atoms with Gasteiger partial charge in [0.2, 0.25) is 11.8 Å². The van der Waals surface area contributed by atoms with Crippen LogP contribution in [0.3, 0.4) is 0 Å². The van der Waals surface area contributed by atoms with Gasteiger partial charge in [0.15, 0.2) is 0 Å². The van der Waals surface area contributed by atoms with Crippen molar-refractivity contribution in [2.75, 3.05) is 29.9 Å². The van der Waals surface area contributed by atoms with Gasteiger partial charge in [0.1, 0.15) is 11.6 Å². The van der Waals surface area contributed by atoms with E-state index in [4.69, 9.17) is 22.1 Å². The van der Waals surface area contributed by atoms with Crippen LogP contribution >= 0.6 is 11.6 Å². The number of primary amides is 1. The van der Waals surface area contributed by atoms with Crippen LogP contribution in [0.25, 0.3) is 0 Å². The molecule has 11 heteroatoms. The number of hydrogen-bond acceptors (Lipinski definition) is 5. The molecule has 1 aromatic carbocycles. The van der Waals surface area contributed by atoms with E-state index in [1.54, 1.807) is 29.2 Å². The molecule has 0 saturated carbocycles. The van der Waals surface area contributed by atoms with E-state index in [0.717, 1.165) is 12.3 Å². The Labute approximate surface area is 187 Å². The van der Waals surface area contributed by atoms with Gasteiger partial charge in [-0.05, 0) is 43.2 Å². The molecular formula is C21H22ClF3N4O3. The van der Waals surface area contributed by atoms with Gasteiger partial charge in [-0.3, -0.25) is 9.59 Å². The van der Waals surface area contributed by atoms with Crippen molar-refractivity contribution >= 4 is 34.9 Å². The number of ether oxygens (including phenoxy) is 1. The number of anilines is 2. The Morgan fingerprint density at radius 2 is 1.88 bits per heavy atom. The van der Waals surface area contributed by atoms with Crippen molar-refractivity contribution in [3.05, 3.63) is 47.1 Å². The standard InChI is InChI=1S/C21H22ClF3N4O3/c22-17-11-14(21(23,24)25)12-27-19(17)29-8-5-13(6-9-29)20(31)28-15-1-3-16(4-2-15)32-10-7-18(26)30/h1-4,11-13H,5-10H2,(H2,26,30)(H,28,31). The van der Waals surface area contributed by atoms with Gasteiger partial charge in [-0.1, -0.05) is 11.6 Å². The fourth-order valence-electron chi connectivity index (χ4n) is 3.32. The molecule has 7 nitrogen and oxygen atoms in total. The van der Waals surface area contributed by atoms with E-state index >= 15 is 0 Å². The second kappa shape index (κ2) is 10.1. The van der Waals surface area contributed by atoms with Gasteiger partial charge in [-0.25, -0.2) is 4.98 Å². The van der Waals surface area contributed by atoms with E-state index in [1.807, 2.05) is 0 Å². The summed E-state index contributed by atoms with van der Waals surface area (Å²) >= 11 is 6.02. The molecule has 1 saturated heterocycles. The number of hydrogen-bond donors (Lipinski definition) is 2. The van der Waals surface area contributed by atoms with Crippen LogP contribution in [0.4, 0.5) is 24.7 Å². The molecule has 0 bridgehead atoms. The second-order valence-electron chi connectivity index (χ2n) is 7.37. The van der Waals surface area contributed by atoms with Crippen molar-refractivity contribution in [3.8, 4) is 5.75 Å². The number of carbonyl (C=O) groups is 2. The van der Waals surface area contributed by atoms with E-state index in [9.17, 15) is 22.8 Å². The van der Waals surface area contributed by atoms with Gasteiger partial charge in [-0.2, -0.15) is 13.2 Å². The van der Waals surface area contributed by atoms with Crippen molar-refractivity contribution in [2.45, 2.75) is 25.4 Å². The molecule has 3 N–H and O–H groups in total. The Balaban J connectivity index is 1.51. The molecule has 32 heavy (non-hydrogen) atoms. The Morgan fingerprint density at radius 1 is 1.22 bits per heavy atom. The monoisotopic (exact) mass is 470 g/mol. The summed E-state index contributed by atoms with van der Waals surface area (Å²) < 4.78 is 43.7. The van der Waals surface area contributed by atoms with E-state index < -0.39 is 17.6 Å². The maximum absolute atomic E-state index is 12.8. The van der Waals surface area contributed by atoms with Gasteiger partial charge >= 0.3 is 6.18 Å². The number of piperidine rings is 1. The van der Waals surface area contributed by atoms with Gasteiger partial charge in [-0.15, -0.1) is 0 Å². The zero-order valence-electron chi connectivity index (χ0n) is 17.0. The Morgan fingerprint density at radius 3 is 2.44 bits per heavy atom. The van der Waals surface area contributed by atoms with Crippen molar-refractivity contribution in [1.29, 1.82) is 0 Å². The average molecular weight is 471 g/mol. The number of nitrogens with one attached hydrogen (secondary N) is 1. The summed E-state index contributed by atoms with van der Waals surface area (Å²) in [4.78, 5) is 29.0. The molecular weight excluding hydrogens is 449 g/mol. The molecule has 1 aromatic heterocycles. The summed E-state index contributed by atoms with van der Waals surface area (Å²) in [6.45, 7) is 1.07. The highest BCUT2D eigenvalue weighted by Crippen LogP contribution is 2.34. The average Bonchev–Trinajstić information content (AvgIpc) is 2.74. The number of nitrogens with zero attached hydrogens (tertiary/aromatic N) is 2. The van der Waals surface area contributed by atoms with Crippen LogP contribution < -0.4 is 20.7 Å². The molecule has 2 amide bonds. The lowest BCUT2D eigenvalue weighted by molar-refractivity contribution is -0.137. The van der Waals surface area contributed by atoms with Crippen molar-refractivity contribution in [1.82, 2.24) is 4.98 Å². The van der Waals surface area contributed by atoms with Crippen LogP contribution in [0.1, 0.15) is 24.8 Å². The third-order valence-corrected chi connectivity index (χ3v) is 5.33. The molecule has 2 heterocycles. The summed E-state index contributed by atoms with van der Waals surface area (Å²) in [5, 5.41) is 2.78. The van der Waals surface area contributed by atoms with E-state index in [0.29, 0.717) is 37.4 Å². The summed E-state index contributed by atoms with van der Waals surface area (Å²) in [6.07, 6.45) is -2.60. The van der Waals surface area contributed by atoms with Crippen LogP contribution in [0.2, 0.25) is 5.02 Å². The number of halogens is 4. The fourth-order valence-corrected chi connectivity index (χ4v) is 3.61. The van der Waals surface area contributed by atoms with Crippen LogP contribution in [0.5, 0.6) is 5.75 Å². The van der Waals surface area contributed by atoms with Crippen molar-refractivity contribution < 1.29 is 27.5 Å². The first-order valence-electron chi connectivity index (χ1n) is 9.93. The number of amides is 2. The first kappa shape index (κ1) is 23.6. The summed E-state index contributed by atoms with van der Waals surface area (Å²) in [5.41, 5.74) is 4.76. The molecule has 1 fully saturated rings. The smallest absolute Gasteiger partial charge is 0.417 e. The van der Waals surface area contributed by atoms with Gasteiger partial charge in [0, 0.05) is 30.9 Å². The predicted molar refractivity (Wildman–Crippen MR) is 114 cm³/mol. The molecule has 0 radical (unpaired) electrons. The summed E-state index contributed by atoms with van der Waals surface area (Å²) in [6, 6.07) is 7.61. The Kier molecular flexibility index (Phi) is 7.44. The van der Waals surface area contributed by atoms with Crippen LogP contribution in [-0.4, -0.2) is 36.5 Å². The second-order valence-corrected chi connectivity index (χ2v) is 7.77. The van der Waals surface area contributed by atoms with E-state index in [-0.39, 0.29) is 35.7 Å². The van der Waals surface area contributed by atoms with Crippen LogP contribution in [-0.2, 0) is 15.8 Å². The van der Waals surface area contributed by atoms with Gasteiger partial charge in [0.25, 0.3) is 0 Å². The maximum Gasteiger partial charge on any atom is 0.417 e. The third kappa shape index (κ3) is 6.25. The first-order chi connectivity index (χ1) is 15.1. The number of pyridine rings is 1. The minimum atomic E-state index is -4.51. The van der Waals surface area contributed by atoms with Gasteiger partial charge in [0.05, 0.1) is 23.6 Å². The normalized spacial score (nSPS) is 14.8. The fraction of sp³-hybridized carbons (Fsp3) is 0.381. The number of carbonyl (C=O) groups excluding carboxylic acids is 2. The SMILES string of the molecule is NC(=O)CCOc1ccc(NC(=O)C2CCN(c3ncc(C(F)(F)F)cc3Cl)CC2)cc1. The molecule has 2 aromatic rings. The lowest BCUT2D eigenvalue weighted by Gasteiger charge is -2.32.